The number of nitro benzene ring substituents is 1. The molecule has 1 saturated heterocycles. The predicted molar refractivity (Wildman–Crippen MR) is 64.2 cm³/mol. The Balaban J connectivity index is 1.88. The van der Waals surface area contributed by atoms with Crippen molar-refractivity contribution in [2.45, 2.75) is 18.9 Å². The van der Waals surface area contributed by atoms with Crippen LogP contribution in [0.1, 0.15) is 12.8 Å². The summed E-state index contributed by atoms with van der Waals surface area (Å²) in [6, 6.07) is 6.69. The zero-order valence-electron chi connectivity index (χ0n) is 9.83. The summed E-state index contributed by atoms with van der Waals surface area (Å²) in [5.74, 6) is 0.691. The van der Waals surface area contributed by atoms with E-state index < -0.39 is 4.92 Å². The monoisotopic (exact) mass is 236 g/mol. The minimum atomic E-state index is -0.408. The van der Waals surface area contributed by atoms with Gasteiger partial charge >= 0.3 is 0 Å². The maximum Gasteiger partial charge on any atom is 0.269 e. The third kappa shape index (κ3) is 2.94. The van der Waals surface area contributed by atoms with E-state index in [-0.39, 0.29) is 5.69 Å². The van der Waals surface area contributed by atoms with Crippen LogP contribution in [0.15, 0.2) is 24.3 Å². The number of likely N-dealkylation sites (N-methyl/N-ethyl adjacent to an activating group) is 1. The van der Waals surface area contributed by atoms with Crippen molar-refractivity contribution in [3.63, 3.8) is 0 Å². The van der Waals surface area contributed by atoms with E-state index in [1.807, 2.05) is 0 Å². The van der Waals surface area contributed by atoms with E-state index in [9.17, 15) is 10.1 Å². The molecule has 2 rings (SSSR count). The molecule has 92 valence electrons. The second-order valence-corrected chi connectivity index (χ2v) is 4.34. The van der Waals surface area contributed by atoms with Crippen LogP contribution in [0.2, 0.25) is 0 Å². The van der Waals surface area contributed by atoms with Gasteiger partial charge in [-0.2, -0.15) is 0 Å². The van der Waals surface area contributed by atoms with Gasteiger partial charge < -0.3 is 9.64 Å². The first kappa shape index (κ1) is 11.9. The molecule has 1 unspecified atom stereocenters. The van der Waals surface area contributed by atoms with Crippen LogP contribution in [-0.2, 0) is 0 Å². The highest BCUT2D eigenvalue weighted by atomic mass is 16.6. The Kier molecular flexibility index (Phi) is 3.58. The highest BCUT2D eigenvalue weighted by Gasteiger charge is 2.21. The molecule has 0 amide bonds. The smallest absolute Gasteiger partial charge is 0.269 e. The summed E-state index contributed by atoms with van der Waals surface area (Å²) in [6.07, 6.45) is 2.37. The van der Waals surface area contributed by atoms with Crippen molar-refractivity contribution in [1.82, 2.24) is 4.90 Å². The molecular formula is C12H16N2O3. The number of likely N-dealkylation sites (tertiary alicyclic amines) is 1. The van der Waals surface area contributed by atoms with Crippen LogP contribution in [0.25, 0.3) is 0 Å². The molecule has 0 aromatic heterocycles. The summed E-state index contributed by atoms with van der Waals surface area (Å²) in [7, 11) is 2.09. The van der Waals surface area contributed by atoms with E-state index >= 15 is 0 Å². The molecule has 1 aromatic rings. The molecule has 0 spiro atoms. The highest BCUT2D eigenvalue weighted by molar-refractivity contribution is 5.35. The van der Waals surface area contributed by atoms with Gasteiger partial charge in [-0.05, 0) is 38.6 Å². The van der Waals surface area contributed by atoms with Gasteiger partial charge in [0, 0.05) is 18.2 Å². The molecule has 0 aliphatic carbocycles. The van der Waals surface area contributed by atoms with Gasteiger partial charge in [0.25, 0.3) is 5.69 Å². The molecule has 0 bridgehead atoms. The lowest BCUT2D eigenvalue weighted by Gasteiger charge is -2.19. The minimum absolute atomic E-state index is 0.0929. The fraction of sp³-hybridized carbons (Fsp3) is 0.500. The lowest BCUT2D eigenvalue weighted by molar-refractivity contribution is -0.384. The second kappa shape index (κ2) is 5.14. The molecule has 1 aliphatic rings. The van der Waals surface area contributed by atoms with Crippen LogP contribution >= 0.6 is 0 Å². The average molecular weight is 236 g/mol. The summed E-state index contributed by atoms with van der Waals surface area (Å²) < 4.78 is 5.63. The number of rotatable bonds is 4. The summed E-state index contributed by atoms with van der Waals surface area (Å²) in [6.45, 7) is 1.77. The zero-order valence-corrected chi connectivity index (χ0v) is 9.83. The first-order valence-corrected chi connectivity index (χ1v) is 5.74. The van der Waals surface area contributed by atoms with Crippen molar-refractivity contribution in [3.05, 3.63) is 34.4 Å². The van der Waals surface area contributed by atoms with Gasteiger partial charge in [0.05, 0.1) is 4.92 Å². The van der Waals surface area contributed by atoms with E-state index in [0.29, 0.717) is 18.4 Å². The van der Waals surface area contributed by atoms with Crippen LogP contribution in [0.5, 0.6) is 5.75 Å². The lowest BCUT2D eigenvalue weighted by Crippen LogP contribution is -2.30. The zero-order chi connectivity index (χ0) is 12.3. The van der Waals surface area contributed by atoms with E-state index in [0.717, 1.165) is 13.0 Å². The Labute approximate surface area is 100 Å². The van der Waals surface area contributed by atoms with E-state index in [1.165, 1.54) is 18.6 Å². The molecule has 1 fully saturated rings. The molecule has 1 aromatic carbocycles. The Morgan fingerprint density at radius 3 is 2.71 bits per heavy atom. The number of non-ortho nitro benzene ring substituents is 1. The van der Waals surface area contributed by atoms with E-state index in [1.54, 1.807) is 12.1 Å². The molecule has 17 heavy (non-hydrogen) atoms. The van der Waals surface area contributed by atoms with Crippen LogP contribution in [0.3, 0.4) is 0 Å². The van der Waals surface area contributed by atoms with E-state index in [4.69, 9.17) is 4.74 Å². The summed E-state index contributed by atoms with van der Waals surface area (Å²) in [4.78, 5) is 12.4. The van der Waals surface area contributed by atoms with Crippen LogP contribution < -0.4 is 4.74 Å². The van der Waals surface area contributed by atoms with Gasteiger partial charge in [0.1, 0.15) is 12.4 Å². The first-order valence-electron chi connectivity index (χ1n) is 5.74. The number of nitro groups is 1. The molecule has 5 nitrogen and oxygen atoms in total. The molecular weight excluding hydrogens is 220 g/mol. The first-order chi connectivity index (χ1) is 8.16. The lowest BCUT2D eigenvalue weighted by atomic mass is 10.2. The largest absolute Gasteiger partial charge is 0.492 e. The third-order valence-corrected chi connectivity index (χ3v) is 3.16. The third-order valence-electron chi connectivity index (χ3n) is 3.16. The van der Waals surface area contributed by atoms with Gasteiger partial charge in [-0.25, -0.2) is 0 Å². The van der Waals surface area contributed by atoms with Gasteiger partial charge in [-0.15, -0.1) is 0 Å². The number of benzene rings is 1. The normalized spacial score (nSPS) is 20.4. The molecule has 1 heterocycles. The number of ether oxygens (including phenoxy) is 1. The highest BCUT2D eigenvalue weighted by Crippen LogP contribution is 2.20. The topological polar surface area (TPSA) is 55.6 Å². The second-order valence-electron chi connectivity index (χ2n) is 4.34. The molecule has 1 atom stereocenters. The van der Waals surface area contributed by atoms with Crippen molar-refractivity contribution < 1.29 is 9.66 Å². The number of hydrogen-bond acceptors (Lipinski definition) is 4. The molecule has 0 radical (unpaired) electrons. The number of nitrogens with zero attached hydrogens (tertiary/aromatic N) is 2. The summed E-state index contributed by atoms with van der Waals surface area (Å²) >= 11 is 0. The molecule has 5 heteroatoms. The Morgan fingerprint density at radius 2 is 2.18 bits per heavy atom. The maximum absolute atomic E-state index is 10.5. The molecule has 1 aliphatic heterocycles. The number of hydrogen-bond donors (Lipinski definition) is 0. The van der Waals surface area contributed by atoms with Crippen molar-refractivity contribution in [2.75, 3.05) is 20.2 Å². The van der Waals surface area contributed by atoms with Gasteiger partial charge in [-0.1, -0.05) is 0 Å². The van der Waals surface area contributed by atoms with Gasteiger partial charge in [0.15, 0.2) is 0 Å². The SMILES string of the molecule is CN1CCCC1COc1ccc([N+](=O)[O-])cc1. The fourth-order valence-electron chi connectivity index (χ4n) is 2.05. The Morgan fingerprint density at radius 1 is 1.47 bits per heavy atom. The van der Waals surface area contributed by atoms with Gasteiger partial charge in [-0.3, -0.25) is 10.1 Å². The van der Waals surface area contributed by atoms with Crippen molar-refractivity contribution >= 4 is 5.69 Å². The summed E-state index contributed by atoms with van der Waals surface area (Å²) in [5.41, 5.74) is 0.0929. The average Bonchev–Trinajstić information content (AvgIpc) is 2.73. The van der Waals surface area contributed by atoms with Crippen LogP contribution in [0, 0.1) is 10.1 Å². The van der Waals surface area contributed by atoms with Crippen molar-refractivity contribution in [2.24, 2.45) is 0 Å². The summed E-state index contributed by atoms with van der Waals surface area (Å²) in [5, 5.41) is 10.5. The quantitative estimate of drug-likeness (QED) is 0.593. The van der Waals surface area contributed by atoms with Crippen molar-refractivity contribution in [1.29, 1.82) is 0 Å². The van der Waals surface area contributed by atoms with Crippen LogP contribution in [-0.4, -0.2) is 36.1 Å². The fourth-order valence-corrected chi connectivity index (χ4v) is 2.05. The van der Waals surface area contributed by atoms with Crippen molar-refractivity contribution in [3.8, 4) is 5.75 Å². The predicted octanol–water partition coefficient (Wildman–Crippen LogP) is 2.07. The Bertz CT molecular complexity index is 391. The van der Waals surface area contributed by atoms with E-state index in [2.05, 4.69) is 11.9 Å². The molecule has 0 saturated carbocycles. The maximum atomic E-state index is 10.5. The van der Waals surface area contributed by atoms with Crippen LogP contribution in [0.4, 0.5) is 5.69 Å². The Hall–Kier alpha value is -1.62. The van der Waals surface area contributed by atoms with Gasteiger partial charge in [0.2, 0.25) is 0 Å². The standard InChI is InChI=1S/C12H16N2O3/c1-13-8-2-3-11(13)9-17-12-6-4-10(5-7-12)14(15)16/h4-7,11H,2-3,8-9H2,1H3. The minimum Gasteiger partial charge on any atom is -0.492 e. The molecule has 0 N–H and O–H groups in total.